The van der Waals surface area contributed by atoms with Crippen molar-refractivity contribution in [1.82, 2.24) is 15.5 Å². The van der Waals surface area contributed by atoms with Crippen molar-refractivity contribution in [1.29, 1.82) is 0 Å². The number of halogens is 1. The van der Waals surface area contributed by atoms with Gasteiger partial charge in [0.15, 0.2) is 0 Å². The van der Waals surface area contributed by atoms with Crippen LogP contribution in [0.4, 0.5) is 10.1 Å². The van der Waals surface area contributed by atoms with Gasteiger partial charge in [-0.3, -0.25) is 24.2 Å². The molecule has 10 heteroatoms. The molecule has 0 bridgehead atoms. The molecule has 1 amide bonds. The second kappa shape index (κ2) is 10.0. The molecule has 34 heavy (non-hydrogen) atoms. The van der Waals surface area contributed by atoms with Crippen molar-refractivity contribution in [2.45, 2.75) is 6.42 Å². The van der Waals surface area contributed by atoms with Crippen LogP contribution >= 0.6 is 0 Å². The van der Waals surface area contributed by atoms with Crippen molar-refractivity contribution < 1.29 is 23.6 Å². The Hall–Kier alpha value is -3.76. The van der Waals surface area contributed by atoms with Crippen molar-refractivity contribution >= 4 is 23.2 Å². The molecule has 0 atom stereocenters. The molecule has 0 unspecified atom stereocenters. The Morgan fingerprint density at radius 1 is 1.03 bits per heavy atom. The van der Waals surface area contributed by atoms with E-state index in [1.165, 1.54) is 24.3 Å². The molecule has 1 heterocycles. The number of piperazine rings is 1. The maximum atomic E-state index is 13.2. The third-order valence-electron chi connectivity index (χ3n) is 5.98. The Labute approximate surface area is 196 Å². The number of Topliss-reactive ketones (excluding diaryl/α,β-unsaturated/α-hetero) is 2. The fraction of sp³-hybridized carbons (Fsp3) is 0.292. The zero-order chi connectivity index (χ0) is 24.2. The number of carbonyl (C=O) groups excluding carboxylic acids is 3. The number of hydrogen-bond donors (Lipinski definition) is 2. The predicted octanol–water partition coefficient (Wildman–Crippen LogP) is 1.48. The van der Waals surface area contributed by atoms with E-state index in [1.807, 2.05) is 0 Å². The number of benzene rings is 2. The van der Waals surface area contributed by atoms with Gasteiger partial charge in [-0.25, -0.2) is 4.39 Å². The van der Waals surface area contributed by atoms with Crippen LogP contribution in [0.2, 0.25) is 0 Å². The lowest BCUT2D eigenvalue weighted by Gasteiger charge is -2.36. The summed E-state index contributed by atoms with van der Waals surface area (Å²) in [5.74, 6) is -1.26. The number of amides is 1. The molecule has 0 radical (unpaired) electrons. The zero-order valence-corrected chi connectivity index (χ0v) is 18.8. The van der Waals surface area contributed by atoms with Gasteiger partial charge >= 0.3 is 0 Å². The first kappa shape index (κ1) is 23.4. The number of carbonyl (C=O) groups is 3. The molecule has 1 aliphatic carbocycles. The number of rotatable bonds is 7. The second-order valence-electron chi connectivity index (χ2n) is 8.01. The summed E-state index contributed by atoms with van der Waals surface area (Å²) in [6.07, 6.45) is 0.0762. The number of anilines is 1. The van der Waals surface area contributed by atoms with Crippen LogP contribution in [0.1, 0.15) is 27.1 Å². The van der Waals surface area contributed by atoms with Crippen LogP contribution in [-0.2, 0) is 9.63 Å². The summed E-state index contributed by atoms with van der Waals surface area (Å²) >= 11 is 0. The Morgan fingerprint density at radius 3 is 2.26 bits per heavy atom. The van der Waals surface area contributed by atoms with Crippen LogP contribution in [-0.4, -0.2) is 67.2 Å². The molecule has 1 saturated heterocycles. The van der Waals surface area contributed by atoms with E-state index in [4.69, 9.17) is 10.6 Å². The van der Waals surface area contributed by atoms with Gasteiger partial charge in [0.1, 0.15) is 17.2 Å². The second-order valence-corrected chi connectivity index (χ2v) is 8.01. The number of hydrogen-bond acceptors (Lipinski definition) is 8. The van der Waals surface area contributed by atoms with Crippen molar-refractivity contribution in [3.05, 3.63) is 76.9 Å². The molecular weight excluding hydrogens is 441 g/mol. The fourth-order valence-corrected chi connectivity index (χ4v) is 4.19. The molecule has 2 aromatic rings. The van der Waals surface area contributed by atoms with Gasteiger partial charge in [-0.15, -0.1) is 5.59 Å². The third-order valence-corrected chi connectivity index (χ3v) is 5.98. The highest BCUT2D eigenvalue weighted by molar-refractivity contribution is 6.26. The van der Waals surface area contributed by atoms with Crippen molar-refractivity contribution in [3.8, 4) is 0 Å². The summed E-state index contributed by atoms with van der Waals surface area (Å²) < 4.78 is 13.2. The molecule has 1 aliphatic heterocycles. The first-order chi connectivity index (χ1) is 16.4. The number of nitrogens with zero attached hydrogens (tertiary/aromatic N) is 3. The number of hydrazine groups is 1. The first-order valence-electron chi connectivity index (χ1n) is 10.9. The maximum absolute atomic E-state index is 13.2. The van der Waals surface area contributed by atoms with Crippen LogP contribution in [0.25, 0.3) is 0 Å². The Balaban J connectivity index is 1.40. The number of ketones is 2. The largest absolute Gasteiger partial charge is 0.394 e. The fourth-order valence-electron chi connectivity index (χ4n) is 4.19. The van der Waals surface area contributed by atoms with E-state index in [-0.39, 0.29) is 47.2 Å². The molecule has 2 aromatic carbocycles. The van der Waals surface area contributed by atoms with Crippen LogP contribution in [0.15, 0.2) is 59.9 Å². The van der Waals surface area contributed by atoms with Crippen molar-refractivity contribution in [3.63, 3.8) is 0 Å². The molecule has 9 nitrogen and oxygen atoms in total. The molecule has 0 aromatic heterocycles. The Bertz CT molecular complexity index is 1130. The molecule has 0 saturated carbocycles. The minimum atomic E-state index is -0.448. The monoisotopic (exact) mass is 467 g/mol. The van der Waals surface area contributed by atoms with Gasteiger partial charge in [-0.2, -0.15) is 0 Å². The van der Waals surface area contributed by atoms with E-state index in [1.54, 1.807) is 41.3 Å². The molecule has 3 N–H and O–H groups in total. The van der Waals surface area contributed by atoms with Crippen LogP contribution in [0.3, 0.4) is 0 Å². The van der Waals surface area contributed by atoms with E-state index < -0.39 is 11.6 Å². The smallest absolute Gasteiger partial charge is 0.224 e. The summed E-state index contributed by atoms with van der Waals surface area (Å²) in [7, 11) is 1.36. The lowest BCUT2D eigenvalue weighted by Crippen LogP contribution is -2.50. The summed E-state index contributed by atoms with van der Waals surface area (Å²) in [5.41, 5.74) is 9.78. The van der Waals surface area contributed by atoms with E-state index in [2.05, 4.69) is 10.5 Å². The van der Waals surface area contributed by atoms with Crippen molar-refractivity contribution in [2.75, 3.05) is 44.7 Å². The summed E-state index contributed by atoms with van der Waals surface area (Å²) in [5, 5.41) is 1.30. The topological polar surface area (TPSA) is 108 Å². The van der Waals surface area contributed by atoms with Crippen LogP contribution in [0, 0.1) is 5.82 Å². The van der Waals surface area contributed by atoms with Gasteiger partial charge < -0.3 is 15.5 Å². The Kier molecular flexibility index (Phi) is 6.90. The first-order valence-corrected chi connectivity index (χ1v) is 10.9. The van der Waals surface area contributed by atoms with Crippen molar-refractivity contribution in [2.24, 2.45) is 5.73 Å². The van der Waals surface area contributed by atoms with Gasteiger partial charge in [0, 0.05) is 56.0 Å². The zero-order valence-electron chi connectivity index (χ0n) is 18.8. The highest BCUT2D eigenvalue weighted by atomic mass is 19.1. The van der Waals surface area contributed by atoms with Crippen LogP contribution < -0.4 is 16.2 Å². The standard InChI is InChI=1S/C24H26FN5O4/c1-34-27-30(22-21(26)23(32)18-4-2-3-5-19(18)24(22)33)11-10-20(31)29-14-12-28(13-15-29)17-8-6-16(25)7-9-17/h2-9,27H,10-15,26H2,1H3. The Morgan fingerprint density at radius 2 is 1.65 bits per heavy atom. The maximum Gasteiger partial charge on any atom is 0.224 e. The minimum absolute atomic E-state index is 0.0421. The van der Waals surface area contributed by atoms with Gasteiger partial charge in [-0.05, 0) is 24.3 Å². The normalized spacial score (nSPS) is 16.1. The average Bonchev–Trinajstić information content (AvgIpc) is 2.86. The summed E-state index contributed by atoms with van der Waals surface area (Å²) in [6, 6.07) is 12.7. The van der Waals surface area contributed by atoms with Crippen LogP contribution in [0.5, 0.6) is 0 Å². The molecule has 1 fully saturated rings. The number of allylic oxidation sites excluding steroid dienone is 2. The number of nitrogens with one attached hydrogen (secondary N) is 1. The molecule has 178 valence electrons. The SMILES string of the molecule is CONN(CCC(=O)N1CCN(c2ccc(F)cc2)CC1)C1=C(N)C(=O)c2ccccc2C1=O. The molecular formula is C24H26FN5O4. The molecule has 4 rings (SSSR count). The third kappa shape index (κ3) is 4.63. The molecule has 0 spiro atoms. The van der Waals surface area contributed by atoms with E-state index in [0.717, 1.165) is 5.69 Å². The quantitative estimate of drug-likeness (QED) is 0.590. The average molecular weight is 468 g/mol. The number of fused-ring (bicyclic) bond motifs is 1. The summed E-state index contributed by atoms with van der Waals surface area (Å²) in [6.45, 7) is 2.35. The number of nitrogens with two attached hydrogens (primary N) is 1. The summed E-state index contributed by atoms with van der Waals surface area (Å²) in [4.78, 5) is 47.5. The lowest BCUT2D eigenvalue weighted by atomic mass is 9.90. The van der Waals surface area contributed by atoms with E-state index in [0.29, 0.717) is 26.2 Å². The van der Waals surface area contributed by atoms with E-state index in [9.17, 15) is 18.8 Å². The molecule has 2 aliphatic rings. The predicted molar refractivity (Wildman–Crippen MR) is 123 cm³/mol. The minimum Gasteiger partial charge on any atom is -0.394 e. The highest BCUT2D eigenvalue weighted by Crippen LogP contribution is 2.26. The van der Waals surface area contributed by atoms with Gasteiger partial charge in [0.05, 0.1) is 7.11 Å². The van der Waals surface area contributed by atoms with Gasteiger partial charge in [0.25, 0.3) is 0 Å². The lowest BCUT2D eigenvalue weighted by molar-refractivity contribution is -0.132. The highest BCUT2D eigenvalue weighted by Gasteiger charge is 2.34. The van der Waals surface area contributed by atoms with E-state index >= 15 is 0 Å². The van der Waals surface area contributed by atoms with Gasteiger partial charge in [-0.1, -0.05) is 24.3 Å². The van der Waals surface area contributed by atoms with Gasteiger partial charge in [0.2, 0.25) is 17.5 Å².